The summed E-state index contributed by atoms with van der Waals surface area (Å²) in [7, 11) is 0. The van der Waals surface area contributed by atoms with E-state index >= 15 is 0 Å². The van der Waals surface area contributed by atoms with E-state index in [2.05, 4.69) is 48.3 Å². The summed E-state index contributed by atoms with van der Waals surface area (Å²) in [6, 6.07) is 8.84. The highest BCUT2D eigenvalue weighted by atomic mass is 16.5. The molecule has 4 heteroatoms. The first kappa shape index (κ1) is 15.3. The van der Waals surface area contributed by atoms with Gasteiger partial charge in [-0.3, -0.25) is 0 Å². The van der Waals surface area contributed by atoms with Crippen molar-refractivity contribution in [3.05, 3.63) is 29.8 Å². The Kier molecular flexibility index (Phi) is 5.83. The highest BCUT2D eigenvalue weighted by molar-refractivity contribution is 5.53. The summed E-state index contributed by atoms with van der Waals surface area (Å²) in [4.78, 5) is 2.39. The number of hydrogen-bond acceptors (Lipinski definition) is 4. The molecule has 0 amide bonds. The minimum atomic E-state index is 0.222. The third kappa shape index (κ3) is 3.95. The largest absolute Gasteiger partial charge is 0.396 e. The lowest BCUT2D eigenvalue weighted by Gasteiger charge is -2.31. The van der Waals surface area contributed by atoms with Gasteiger partial charge in [0.1, 0.15) is 0 Å². The minimum absolute atomic E-state index is 0.222. The molecule has 20 heavy (non-hydrogen) atoms. The molecule has 4 nitrogen and oxygen atoms in total. The third-order valence-electron chi connectivity index (χ3n) is 4.10. The van der Waals surface area contributed by atoms with Crippen LogP contribution in [0.4, 0.5) is 5.69 Å². The second-order valence-electron chi connectivity index (χ2n) is 5.56. The van der Waals surface area contributed by atoms with Gasteiger partial charge < -0.3 is 20.1 Å². The molecule has 1 aliphatic heterocycles. The van der Waals surface area contributed by atoms with Crippen molar-refractivity contribution in [1.82, 2.24) is 5.32 Å². The summed E-state index contributed by atoms with van der Waals surface area (Å²) in [6.07, 6.45) is 0. The van der Waals surface area contributed by atoms with Gasteiger partial charge in [0.2, 0.25) is 0 Å². The Morgan fingerprint density at radius 1 is 1.25 bits per heavy atom. The molecular formula is C16H26N2O2. The smallest absolute Gasteiger partial charge is 0.0642 e. The van der Waals surface area contributed by atoms with Gasteiger partial charge in [0.15, 0.2) is 0 Å². The molecule has 112 valence electrons. The van der Waals surface area contributed by atoms with Crippen molar-refractivity contribution in [2.75, 3.05) is 37.8 Å². The molecule has 2 unspecified atom stereocenters. The molecule has 1 aliphatic rings. The van der Waals surface area contributed by atoms with E-state index < -0.39 is 0 Å². The van der Waals surface area contributed by atoms with Crippen molar-refractivity contribution in [2.45, 2.75) is 26.4 Å². The molecule has 1 heterocycles. The number of nitrogens with one attached hydrogen (secondary N) is 1. The van der Waals surface area contributed by atoms with Gasteiger partial charge in [-0.05, 0) is 24.5 Å². The first-order valence-corrected chi connectivity index (χ1v) is 7.47. The first-order chi connectivity index (χ1) is 9.72. The lowest BCUT2D eigenvalue weighted by molar-refractivity contribution is 0.122. The molecule has 0 radical (unpaired) electrons. The quantitative estimate of drug-likeness (QED) is 0.830. The van der Waals surface area contributed by atoms with Crippen LogP contribution in [0.1, 0.15) is 19.4 Å². The Morgan fingerprint density at radius 2 is 1.95 bits per heavy atom. The molecular weight excluding hydrogens is 252 g/mol. The Balaban J connectivity index is 2.00. The first-order valence-electron chi connectivity index (χ1n) is 7.47. The zero-order chi connectivity index (χ0) is 14.4. The van der Waals surface area contributed by atoms with E-state index in [0.717, 1.165) is 32.8 Å². The lowest BCUT2D eigenvalue weighted by Crippen LogP contribution is -2.38. The zero-order valence-electron chi connectivity index (χ0n) is 12.5. The van der Waals surface area contributed by atoms with Crippen LogP contribution in [0.15, 0.2) is 24.3 Å². The number of aliphatic hydroxyl groups is 1. The van der Waals surface area contributed by atoms with Crippen LogP contribution >= 0.6 is 0 Å². The van der Waals surface area contributed by atoms with Crippen LogP contribution in [0.5, 0.6) is 0 Å². The maximum atomic E-state index is 9.20. The molecule has 1 aromatic carbocycles. The summed E-state index contributed by atoms with van der Waals surface area (Å²) in [5, 5.41) is 12.7. The highest BCUT2D eigenvalue weighted by Crippen LogP contribution is 2.21. The Hall–Kier alpha value is -1.10. The zero-order valence-corrected chi connectivity index (χ0v) is 12.5. The second-order valence-corrected chi connectivity index (χ2v) is 5.56. The van der Waals surface area contributed by atoms with Gasteiger partial charge in [-0.25, -0.2) is 0 Å². The molecule has 1 fully saturated rings. The van der Waals surface area contributed by atoms with Gasteiger partial charge in [0.05, 0.1) is 13.2 Å². The summed E-state index contributed by atoms with van der Waals surface area (Å²) in [5.74, 6) is 0.269. The summed E-state index contributed by atoms with van der Waals surface area (Å²) >= 11 is 0. The van der Waals surface area contributed by atoms with Crippen LogP contribution < -0.4 is 10.2 Å². The molecule has 2 N–H and O–H groups in total. The van der Waals surface area contributed by atoms with Gasteiger partial charge in [0.25, 0.3) is 0 Å². The van der Waals surface area contributed by atoms with E-state index in [1.807, 2.05) is 0 Å². The summed E-state index contributed by atoms with van der Waals surface area (Å²) in [6.45, 7) is 8.76. The number of anilines is 1. The van der Waals surface area contributed by atoms with Crippen LogP contribution in [0.2, 0.25) is 0 Å². The van der Waals surface area contributed by atoms with Crippen molar-refractivity contribution in [3.63, 3.8) is 0 Å². The van der Waals surface area contributed by atoms with Crippen molar-refractivity contribution >= 4 is 5.69 Å². The van der Waals surface area contributed by atoms with E-state index in [9.17, 15) is 5.11 Å². The highest BCUT2D eigenvalue weighted by Gasteiger charge is 2.15. The molecule has 1 aromatic rings. The third-order valence-corrected chi connectivity index (χ3v) is 4.10. The average molecular weight is 278 g/mol. The van der Waals surface area contributed by atoms with E-state index in [0.29, 0.717) is 6.04 Å². The molecule has 0 aliphatic carbocycles. The monoisotopic (exact) mass is 278 g/mol. The summed E-state index contributed by atoms with van der Waals surface area (Å²) in [5.41, 5.74) is 2.61. The number of benzene rings is 1. The number of hydrogen-bond donors (Lipinski definition) is 2. The van der Waals surface area contributed by atoms with E-state index in [1.165, 1.54) is 11.3 Å². The lowest BCUT2D eigenvalue weighted by atomic mass is 10.0. The van der Waals surface area contributed by atoms with E-state index in [1.54, 1.807) is 0 Å². The molecule has 0 spiro atoms. The van der Waals surface area contributed by atoms with Gasteiger partial charge in [0, 0.05) is 38.0 Å². The molecule has 1 saturated heterocycles. The number of ether oxygens (including phenoxy) is 1. The topological polar surface area (TPSA) is 44.7 Å². The molecule has 2 rings (SSSR count). The van der Waals surface area contributed by atoms with E-state index in [-0.39, 0.29) is 12.5 Å². The Labute approximate surface area is 121 Å². The van der Waals surface area contributed by atoms with Crippen LogP contribution in [0.3, 0.4) is 0 Å². The van der Waals surface area contributed by atoms with Crippen molar-refractivity contribution < 1.29 is 9.84 Å². The normalized spacial score (nSPS) is 18.9. The number of para-hydroxylation sites is 1. The van der Waals surface area contributed by atoms with Crippen molar-refractivity contribution in [3.8, 4) is 0 Å². The number of morpholine rings is 1. The number of nitrogens with zero attached hydrogens (tertiary/aromatic N) is 1. The van der Waals surface area contributed by atoms with Crippen molar-refractivity contribution in [1.29, 1.82) is 0 Å². The summed E-state index contributed by atoms with van der Waals surface area (Å²) < 4.78 is 5.42. The number of rotatable bonds is 6. The fourth-order valence-corrected chi connectivity index (χ4v) is 2.40. The van der Waals surface area contributed by atoms with E-state index in [4.69, 9.17) is 4.74 Å². The van der Waals surface area contributed by atoms with Crippen LogP contribution in [0.25, 0.3) is 0 Å². The fraction of sp³-hybridized carbons (Fsp3) is 0.625. The maximum absolute atomic E-state index is 9.20. The standard InChI is InChI=1S/C16H26N2O2/c1-13(12-19)14(2)17-11-15-5-3-4-6-16(15)18-7-9-20-10-8-18/h3-6,13-14,17,19H,7-12H2,1-2H3. The SMILES string of the molecule is CC(CO)C(C)NCc1ccccc1N1CCOCC1. The van der Waals surface area contributed by atoms with Crippen molar-refractivity contribution in [2.24, 2.45) is 5.92 Å². The molecule has 0 bridgehead atoms. The average Bonchev–Trinajstić information content (AvgIpc) is 2.53. The van der Waals surface area contributed by atoms with Gasteiger partial charge >= 0.3 is 0 Å². The predicted molar refractivity (Wildman–Crippen MR) is 82.0 cm³/mol. The van der Waals surface area contributed by atoms with Crippen LogP contribution in [0, 0.1) is 5.92 Å². The maximum Gasteiger partial charge on any atom is 0.0642 e. The van der Waals surface area contributed by atoms with Crippen LogP contribution in [-0.2, 0) is 11.3 Å². The van der Waals surface area contributed by atoms with Gasteiger partial charge in [-0.15, -0.1) is 0 Å². The molecule has 0 saturated carbocycles. The minimum Gasteiger partial charge on any atom is -0.396 e. The Morgan fingerprint density at radius 3 is 2.65 bits per heavy atom. The second kappa shape index (κ2) is 7.62. The molecule has 0 aromatic heterocycles. The number of aliphatic hydroxyl groups excluding tert-OH is 1. The van der Waals surface area contributed by atoms with Gasteiger partial charge in [-0.2, -0.15) is 0 Å². The molecule has 2 atom stereocenters. The van der Waals surface area contributed by atoms with Crippen LogP contribution in [-0.4, -0.2) is 44.1 Å². The van der Waals surface area contributed by atoms with Gasteiger partial charge in [-0.1, -0.05) is 25.1 Å². The Bertz CT molecular complexity index is 405. The predicted octanol–water partition coefficient (Wildman–Crippen LogP) is 1.63. The fourth-order valence-electron chi connectivity index (χ4n) is 2.40.